The highest BCUT2D eigenvalue weighted by Gasteiger charge is 2.24. The van der Waals surface area contributed by atoms with E-state index in [4.69, 9.17) is 4.74 Å². The van der Waals surface area contributed by atoms with Crippen LogP contribution in [0.3, 0.4) is 0 Å². The van der Waals surface area contributed by atoms with Crippen molar-refractivity contribution in [2.75, 3.05) is 6.26 Å². The van der Waals surface area contributed by atoms with Gasteiger partial charge < -0.3 is 4.74 Å². The number of sulfone groups is 1. The number of ether oxygens (including phenoxy) is 1. The zero-order valence-electron chi connectivity index (χ0n) is 12.6. The lowest BCUT2D eigenvalue weighted by Crippen LogP contribution is -2.06. The third-order valence-electron chi connectivity index (χ3n) is 2.93. The summed E-state index contributed by atoms with van der Waals surface area (Å²) in [7, 11) is -3.35. The fourth-order valence-corrected chi connectivity index (χ4v) is 2.60. The summed E-state index contributed by atoms with van der Waals surface area (Å²) < 4.78 is 27.8. The zero-order valence-corrected chi connectivity index (χ0v) is 14.3. The Kier molecular flexibility index (Phi) is 5.12. The maximum Gasteiger partial charge on any atom is 0.363 e. The summed E-state index contributed by atoms with van der Waals surface area (Å²) in [6.07, 6.45) is 7.24. The normalized spacial score (nSPS) is 17.7. The number of thiophene rings is 1. The van der Waals surface area contributed by atoms with Crippen molar-refractivity contribution in [2.24, 2.45) is 4.99 Å². The molecule has 0 radical (unpaired) electrons. The minimum atomic E-state index is -3.35. The van der Waals surface area contributed by atoms with Crippen LogP contribution in [0.25, 0.3) is 6.08 Å². The summed E-state index contributed by atoms with van der Waals surface area (Å²) in [5.74, 6) is -0.402. The van der Waals surface area contributed by atoms with Gasteiger partial charge in [0.05, 0.1) is 4.91 Å². The van der Waals surface area contributed by atoms with Gasteiger partial charge in [-0.2, -0.15) is 0 Å². The van der Waals surface area contributed by atoms with Crippen molar-refractivity contribution in [2.45, 2.75) is 6.92 Å². The number of allylic oxidation sites excluding steroid dienone is 2. The third-order valence-corrected chi connectivity index (χ3v) is 4.83. The molecule has 120 valence electrons. The molecule has 0 amide bonds. The molecule has 2 rings (SSSR count). The first-order chi connectivity index (χ1) is 10.8. The van der Waals surface area contributed by atoms with Crippen LogP contribution in [0, 0.1) is 0 Å². The Hall–Kier alpha value is -2.25. The highest BCUT2D eigenvalue weighted by atomic mass is 32.2. The number of aliphatic imine (C=N–C) groups is 1. The quantitative estimate of drug-likeness (QED) is 0.465. The van der Waals surface area contributed by atoms with Gasteiger partial charge in [-0.05, 0) is 36.6 Å². The monoisotopic (exact) mass is 349 g/mol. The Morgan fingerprint density at radius 2 is 2.13 bits per heavy atom. The van der Waals surface area contributed by atoms with Gasteiger partial charge in [-0.1, -0.05) is 18.7 Å². The van der Waals surface area contributed by atoms with E-state index in [0.717, 1.165) is 11.1 Å². The van der Waals surface area contributed by atoms with Gasteiger partial charge in [0, 0.05) is 16.7 Å². The molecule has 1 aromatic rings. The Morgan fingerprint density at radius 1 is 1.39 bits per heavy atom. The van der Waals surface area contributed by atoms with E-state index in [2.05, 4.69) is 11.6 Å². The lowest BCUT2D eigenvalue weighted by molar-refractivity contribution is -0.129. The van der Waals surface area contributed by atoms with E-state index in [-0.39, 0.29) is 16.5 Å². The van der Waals surface area contributed by atoms with Crippen molar-refractivity contribution in [3.8, 4) is 0 Å². The van der Waals surface area contributed by atoms with Gasteiger partial charge in [0.15, 0.2) is 15.5 Å². The zero-order chi connectivity index (χ0) is 17.0. The Bertz CT molecular complexity index is 854. The van der Waals surface area contributed by atoms with Gasteiger partial charge in [0.1, 0.15) is 0 Å². The molecule has 1 aromatic heterocycles. The van der Waals surface area contributed by atoms with Crippen LogP contribution < -0.4 is 0 Å². The van der Waals surface area contributed by atoms with Crippen LogP contribution in [0.4, 0.5) is 0 Å². The predicted molar refractivity (Wildman–Crippen MR) is 92.7 cm³/mol. The fraction of sp³-hybridized carbons (Fsp3) is 0.125. The van der Waals surface area contributed by atoms with Gasteiger partial charge in [-0.3, -0.25) is 0 Å². The van der Waals surface area contributed by atoms with Crippen molar-refractivity contribution in [3.63, 3.8) is 0 Å². The number of hydrogen-bond donors (Lipinski definition) is 0. The lowest BCUT2D eigenvalue weighted by Gasteiger charge is -2.00. The van der Waals surface area contributed by atoms with E-state index in [1.807, 2.05) is 17.5 Å². The van der Waals surface area contributed by atoms with Crippen molar-refractivity contribution >= 4 is 39.1 Å². The Morgan fingerprint density at radius 3 is 2.70 bits per heavy atom. The second kappa shape index (κ2) is 6.89. The van der Waals surface area contributed by atoms with Gasteiger partial charge in [0.25, 0.3) is 0 Å². The summed E-state index contributed by atoms with van der Waals surface area (Å²) in [6.45, 7) is 5.22. The minimum Gasteiger partial charge on any atom is -0.402 e. The summed E-state index contributed by atoms with van der Waals surface area (Å²) >= 11 is 1.48. The van der Waals surface area contributed by atoms with Crippen LogP contribution in [0.2, 0.25) is 0 Å². The molecule has 7 heteroatoms. The number of rotatable bonds is 5. The van der Waals surface area contributed by atoms with E-state index in [1.165, 1.54) is 23.5 Å². The van der Waals surface area contributed by atoms with Crippen LogP contribution in [0.5, 0.6) is 0 Å². The number of hydrogen-bond acceptors (Lipinski definition) is 6. The lowest BCUT2D eigenvalue weighted by atomic mass is 10.2. The summed E-state index contributed by atoms with van der Waals surface area (Å²) in [5.41, 5.74) is 0.704. The number of esters is 1. The molecule has 2 heterocycles. The molecule has 0 aliphatic carbocycles. The smallest absolute Gasteiger partial charge is 0.363 e. The maximum atomic E-state index is 11.9. The van der Waals surface area contributed by atoms with Crippen molar-refractivity contribution < 1.29 is 17.9 Å². The standard InChI is InChI=1S/C16H15NO4S2/c1-4-12(8-7-11(2)23(3,19)20)15-17-14(16(18)21-15)10-13-6-5-9-22-13/h4-10H,2H2,1,3H3/b8-7-,12-4+,14-10+. The molecular weight excluding hydrogens is 334 g/mol. The molecule has 23 heavy (non-hydrogen) atoms. The molecule has 0 fully saturated rings. The Balaban J connectivity index is 2.25. The molecule has 0 spiro atoms. The highest BCUT2D eigenvalue weighted by Crippen LogP contribution is 2.21. The van der Waals surface area contributed by atoms with E-state index < -0.39 is 15.8 Å². The van der Waals surface area contributed by atoms with E-state index in [0.29, 0.717) is 5.57 Å². The number of carbonyl (C=O) groups is 1. The molecule has 0 bridgehead atoms. The summed E-state index contributed by atoms with van der Waals surface area (Å²) in [6, 6.07) is 3.74. The minimum absolute atomic E-state index is 0.0314. The highest BCUT2D eigenvalue weighted by molar-refractivity contribution is 7.94. The van der Waals surface area contributed by atoms with Crippen LogP contribution in [-0.4, -0.2) is 26.5 Å². The predicted octanol–water partition coefficient (Wildman–Crippen LogP) is 3.11. The first-order valence-corrected chi connectivity index (χ1v) is 9.38. The topological polar surface area (TPSA) is 72.8 Å². The van der Waals surface area contributed by atoms with Crippen molar-refractivity contribution in [1.29, 1.82) is 0 Å². The number of cyclic esters (lactones) is 1. The number of carbonyl (C=O) groups excluding carboxylic acids is 1. The first-order valence-electron chi connectivity index (χ1n) is 6.61. The number of nitrogens with zero attached hydrogens (tertiary/aromatic N) is 1. The van der Waals surface area contributed by atoms with Crippen molar-refractivity contribution in [3.05, 3.63) is 63.4 Å². The van der Waals surface area contributed by atoms with Crippen LogP contribution in [-0.2, 0) is 19.4 Å². The fourth-order valence-electron chi connectivity index (χ4n) is 1.64. The Labute approximate surface area is 138 Å². The van der Waals surface area contributed by atoms with Gasteiger partial charge in [0.2, 0.25) is 5.90 Å². The van der Waals surface area contributed by atoms with Crippen LogP contribution >= 0.6 is 11.3 Å². The average Bonchev–Trinajstić information content (AvgIpc) is 3.10. The van der Waals surface area contributed by atoms with Crippen molar-refractivity contribution in [1.82, 2.24) is 0 Å². The average molecular weight is 349 g/mol. The third kappa shape index (κ3) is 4.37. The SMILES string of the molecule is C=C(/C=C\C(=C/C)C1=N/C(=C/c2cccs2)C(=O)O1)S(C)(=O)=O. The molecule has 0 aromatic carbocycles. The molecule has 0 atom stereocenters. The van der Waals surface area contributed by atoms with E-state index in [1.54, 1.807) is 19.1 Å². The molecular formula is C16H15NO4S2. The maximum absolute atomic E-state index is 11.9. The van der Waals surface area contributed by atoms with E-state index in [9.17, 15) is 13.2 Å². The molecule has 5 nitrogen and oxygen atoms in total. The van der Waals surface area contributed by atoms with Gasteiger partial charge in [-0.15, -0.1) is 11.3 Å². The molecule has 1 aliphatic rings. The molecule has 0 saturated carbocycles. The second-order valence-electron chi connectivity index (χ2n) is 4.67. The molecule has 1 aliphatic heterocycles. The molecule has 0 unspecified atom stereocenters. The second-order valence-corrected chi connectivity index (χ2v) is 7.72. The largest absolute Gasteiger partial charge is 0.402 e. The van der Waals surface area contributed by atoms with Crippen LogP contribution in [0.15, 0.2) is 63.5 Å². The van der Waals surface area contributed by atoms with Gasteiger partial charge >= 0.3 is 5.97 Å². The molecule has 0 N–H and O–H groups in total. The van der Waals surface area contributed by atoms with E-state index >= 15 is 0 Å². The van der Waals surface area contributed by atoms with Crippen LogP contribution in [0.1, 0.15) is 11.8 Å². The first kappa shape index (κ1) is 17.1. The summed E-state index contributed by atoms with van der Waals surface area (Å²) in [5, 5.41) is 1.90. The van der Waals surface area contributed by atoms with Gasteiger partial charge in [-0.25, -0.2) is 18.2 Å². The summed E-state index contributed by atoms with van der Waals surface area (Å²) in [4.78, 5) is 16.9. The molecule has 0 saturated heterocycles.